The van der Waals surface area contributed by atoms with Crippen LogP contribution in [-0.4, -0.2) is 12.5 Å². The molecule has 0 saturated heterocycles. The van der Waals surface area contributed by atoms with Crippen LogP contribution in [0.4, 0.5) is 4.39 Å². The standard InChI is InChI=1S/C14H18FNO/c1-2-13(17)16-10-14(8-3-9-14)11-4-6-12(15)7-5-11/h4-7H,2-3,8-10H2,1H3,(H,16,17). The van der Waals surface area contributed by atoms with Gasteiger partial charge in [-0.15, -0.1) is 0 Å². The van der Waals surface area contributed by atoms with E-state index in [1.807, 2.05) is 19.1 Å². The number of amides is 1. The Labute approximate surface area is 101 Å². The first-order valence-corrected chi connectivity index (χ1v) is 6.19. The summed E-state index contributed by atoms with van der Waals surface area (Å²) in [6.45, 7) is 2.52. The van der Waals surface area contributed by atoms with Crippen LogP contribution in [0, 0.1) is 5.82 Å². The third kappa shape index (κ3) is 2.48. The van der Waals surface area contributed by atoms with E-state index < -0.39 is 0 Å². The molecule has 0 radical (unpaired) electrons. The average molecular weight is 235 g/mol. The summed E-state index contributed by atoms with van der Waals surface area (Å²) in [5.74, 6) is -0.126. The Morgan fingerprint density at radius 3 is 2.47 bits per heavy atom. The Balaban J connectivity index is 2.08. The largest absolute Gasteiger partial charge is 0.355 e. The Kier molecular flexibility index (Phi) is 3.46. The zero-order valence-corrected chi connectivity index (χ0v) is 10.1. The fourth-order valence-corrected chi connectivity index (χ4v) is 2.37. The van der Waals surface area contributed by atoms with E-state index in [1.54, 1.807) is 0 Å². The van der Waals surface area contributed by atoms with E-state index in [4.69, 9.17) is 0 Å². The first-order chi connectivity index (χ1) is 8.16. The lowest BCUT2D eigenvalue weighted by atomic mass is 9.64. The zero-order valence-electron chi connectivity index (χ0n) is 10.1. The van der Waals surface area contributed by atoms with Gasteiger partial charge in [0.1, 0.15) is 5.82 Å². The summed E-state index contributed by atoms with van der Waals surface area (Å²) in [5, 5.41) is 2.96. The molecule has 1 N–H and O–H groups in total. The van der Waals surface area contributed by atoms with E-state index in [0.717, 1.165) is 18.4 Å². The van der Waals surface area contributed by atoms with Crippen molar-refractivity contribution in [2.24, 2.45) is 0 Å². The van der Waals surface area contributed by atoms with Crippen molar-refractivity contribution in [3.63, 3.8) is 0 Å². The van der Waals surface area contributed by atoms with Crippen LogP contribution in [0.15, 0.2) is 24.3 Å². The normalized spacial score (nSPS) is 17.3. The van der Waals surface area contributed by atoms with Crippen molar-refractivity contribution in [3.05, 3.63) is 35.6 Å². The highest BCUT2D eigenvalue weighted by Crippen LogP contribution is 2.43. The summed E-state index contributed by atoms with van der Waals surface area (Å²) in [6, 6.07) is 6.67. The van der Waals surface area contributed by atoms with Gasteiger partial charge >= 0.3 is 0 Å². The first-order valence-electron chi connectivity index (χ1n) is 6.19. The van der Waals surface area contributed by atoms with Crippen LogP contribution in [0.3, 0.4) is 0 Å². The molecule has 1 aliphatic carbocycles. The molecule has 2 nitrogen and oxygen atoms in total. The second-order valence-corrected chi connectivity index (χ2v) is 4.77. The van der Waals surface area contributed by atoms with Crippen molar-refractivity contribution in [2.75, 3.05) is 6.54 Å². The minimum Gasteiger partial charge on any atom is -0.355 e. The van der Waals surface area contributed by atoms with Crippen molar-refractivity contribution in [1.29, 1.82) is 0 Å². The molecule has 0 atom stereocenters. The van der Waals surface area contributed by atoms with Gasteiger partial charge in [-0.3, -0.25) is 4.79 Å². The molecular weight excluding hydrogens is 217 g/mol. The maximum atomic E-state index is 12.9. The second kappa shape index (κ2) is 4.86. The molecule has 0 unspecified atom stereocenters. The molecule has 0 spiro atoms. The van der Waals surface area contributed by atoms with Gasteiger partial charge in [0.25, 0.3) is 0 Å². The van der Waals surface area contributed by atoms with E-state index >= 15 is 0 Å². The highest BCUT2D eigenvalue weighted by atomic mass is 19.1. The van der Waals surface area contributed by atoms with E-state index in [-0.39, 0.29) is 17.1 Å². The Bertz CT molecular complexity index is 395. The summed E-state index contributed by atoms with van der Waals surface area (Å²) in [5.41, 5.74) is 1.18. The SMILES string of the molecule is CCC(=O)NCC1(c2ccc(F)cc2)CCC1. The molecule has 1 fully saturated rings. The van der Waals surface area contributed by atoms with Gasteiger partial charge in [0.15, 0.2) is 0 Å². The van der Waals surface area contributed by atoms with E-state index in [0.29, 0.717) is 13.0 Å². The predicted molar refractivity (Wildman–Crippen MR) is 65.2 cm³/mol. The van der Waals surface area contributed by atoms with Crippen molar-refractivity contribution in [1.82, 2.24) is 5.32 Å². The molecule has 1 aromatic carbocycles. The van der Waals surface area contributed by atoms with Crippen LogP contribution in [-0.2, 0) is 10.2 Å². The number of benzene rings is 1. The fourth-order valence-electron chi connectivity index (χ4n) is 2.37. The average Bonchev–Trinajstić information content (AvgIpc) is 2.29. The molecule has 0 heterocycles. The molecule has 17 heavy (non-hydrogen) atoms. The minimum atomic E-state index is -0.208. The third-order valence-corrected chi connectivity index (χ3v) is 3.71. The molecule has 3 heteroatoms. The number of nitrogens with one attached hydrogen (secondary N) is 1. The van der Waals surface area contributed by atoms with Crippen molar-refractivity contribution in [2.45, 2.75) is 38.0 Å². The summed E-state index contributed by atoms with van der Waals surface area (Å²) < 4.78 is 12.9. The third-order valence-electron chi connectivity index (χ3n) is 3.71. The van der Waals surface area contributed by atoms with Crippen LogP contribution in [0.5, 0.6) is 0 Å². The van der Waals surface area contributed by atoms with Crippen LogP contribution >= 0.6 is 0 Å². The molecule has 0 bridgehead atoms. The number of rotatable bonds is 4. The Morgan fingerprint density at radius 2 is 2.00 bits per heavy atom. The lowest BCUT2D eigenvalue weighted by molar-refractivity contribution is -0.121. The van der Waals surface area contributed by atoms with Gasteiger partial charge in [0, 0.05) is 18.4 Å². The molecule has 1 amide bonds. The monoisotopic (exact) mass is 235 g/mol. The maximum Gasteiger partial charge on any atom is 0.219 e. The van der Waals surface area contributed by atoms with Gasteiger partial charge in [0.2, 0.25) is 5.91 Å². The van der Waals surface area contributed by atoms with Gasteiger partial charge in [0.05, 0.1) is 0 Å². The lowest BCUT2D eigenvalue weighted by Crippen LogP contribution is -2.45. The van der Waals surface area contributed by atoms with Gasteiger partial charge in [-0.2, -0.15) is 0 Å². The smallest absolute Gasteiger partial charge is 0.219 e. The molecule has 0 aliphatic heterocycles. The summed E-state index contributed by atoms with van der Waals surface area (Å²) >= 11 is 0. The lowest BCUT2D eigenvalue weighted by Gasteiger charge is -2.42. The van der Waals surface area contributed by atoms with Crippen molar-refractivity contribution < 1.29 is 9.18 Å². The first kappa shape index (κ1) is 12.1. The van der Waals surface area contributed by atoms with Crippen LogP contribution in [0.1, 0.15) is 38.2 Å². The number of hydrogen-bond donors (Lipinski definition) is 1. The van der Waals surface area contributed by atoms with Gasteiger partial charge in [-0.25, -0.2) is 4.39 Å². The van der Waals surface area contributed by atoms with E-state index in [1.165, 1.54) is 18.6 Å². The number of halogens is 1. The number of carbonyl (C=O) groups is 1. The topological polar surface area (TPSA) is 29.1 Å². The second-order valence-electron chi connectivity index (χ2n) is 4.77. The molecule has 1 saturated carbocycles. The van der Waals surface area contributed by atoms with E-state index in [2.05, 4.69) is 5.32 Å². The maximum absolute atomic E-state index is 12.9. The summed E-state index contributed by atoms with van der Waals surface area (Å²) in [7, 11) is 0. The molecule has 2 rings (SSSR count). The summed E-state index contributed by atoms with van der Waals surface area (Å²) in [4.78, 5) is 11.3. The highest BCUT2D eigenvalue weighted by molar-refractivity contribution is 5.75. The molecule has 1 aliphatic rings. The van der Waals surface area contributed by atoms with Gasteiger partial charge in [-0.1, -0.05) is 25.5 Å². The number of hydrogen-bond acceptors (Lipinski definition) is 1. The molecule has 92 valence electrons. The minimum absolute atomic E-state index is 0.0402. The van der Waals surface area contributed by atoms with Crippen molar-refractivity contribution >= 4 is 5.91 Å². The predicted octanol–water partition coefficient (Wildman–Crippen LogP) is 2.77. The quantitative estimate of drug-likeness (QED) is 0.854. The molecular formula is C14H18FNO. The van der Waals surface area contributed by atoms with Gasteiger partial charge in [-0.05, 0) is 30.5 Å². The Morgan fingerprint density at radius 1 is 1.35 bits per heavy atom. The van der Waals surface area contributed by atoms with Crippen LogP contribution in [0.2, 0.25) is 0 Å². The number of carbonyl (C=O) groups excluding carboxylic acids is 1. The van der Waals surface area contributed by atoms with Crippen LogP contribution < -0.4 is 5.32 Å². The van der Waals surface area contributed by atoms with Gasteiger partial charge < -0.3 is 5.32 Å². The van der Waals surface area contributed by atoms with Crippen LogP contribution in [0.25, 0.3) is 0 Å². The van der Waals surface area contributed by atoms with E-state index in [9.17, 15) is 9.18 Å². The Hall–Kier alpha value is -1.38. The molecule has 0 aromatic heterocycles. The highest BCUT2D eigenvalue weighted by Gasteiger charge is 2.38. The van der Waals surface area contributed by atoms with Crippen molar-refractivity contribution in [3.8, 4) is 0 Å². The zero-order chi connectivity index (χ0) is 12.3. The summed E-state index contributed by atoms with van der Waals surface area (Å²) in [6.07, 6.45) is 3.84. The molecule has 1 aromatic rings. The fraction of sp³-hybridized carbons (Fsp3) is 0.500.